The lowest BCUT2D eigenvalue weighted by molar-refractivity contribution is -0.132. The van der Waals surface area contributed by atoms with Gasteiger partial charge in [-0.2, -0.15) is 0 Å². The molecule has 2 aromatic heterocycles. The highest BCUT2D eigenvalue weighted by Crippen LogP contribution is 2.29. The van der Waals surface area contributed by atoms with Crippen LogP contribution in [0.25, 0.3) is 11.3 Å². The van der Waals surface area contributed by atoms with Crippen LogP contribution in [0, 0.1) is 0 Å². The molecule has 4 heterocycles. The quantitative estimate of drug-likeness (QED) is 0.810. The summed E-state index contributed by atoms with van der Waals surface area (Å²) in [5, 5.41) is 0. The normalized spacial score (nSPS) is 20.2. The summed E-state index contributed by atoms with van der Waals surface area (Å²) in [6.07, 6.45) is 6.14. The molecule has 0 radical (unpaired) electrons. The van der Waals surface area contributed by atoms with Gasteiger partial charge in [0.2, 0.25) is 5.91 Å². The Labute approximate surface area is 165 Å². The highest BCUT2D eigenvalue weighted by Gasteiger charge is 2.27. The van der Waals surface area contributed by atoms with Gasteiger partial charge in [0, 0.05) is 62.5 Å². The van der Waals surface area contributed by atoms with E-state index in [1.54, 1.807) is 6.20 Å². The average Bonchev–Trinajstić information content (AvgIpc) is 2.79. The third-order valence-electron chi connectivity index (χ3n) is 5.46. The van der Waals surface area contributed by atoms with E-state index in [2.05, 4.69) is 9.88 Å². The molecule has 1 amide bonds. The number of rotatable bonds is 4. The molecule has 28 heavy (non-hydrogen) atoms. The highest BCUT2D eigenvalue weighted by molar-refractivity contribution is 5.76. The molecule has 0 spiro atoms. The molecule has 0 aliphatic carbocycles. The molecule has 1 unspecified atom stereocenters. The predicted molar refractivity (Wildman–Crippen MR) is 107 cm³/mol. The number of nitrogens with zero attached hydrogens (tertiary/aromatic N) is 5. The van der Waals surface area contributed by atoms with Crippen LogP contribution >= 0.6 is 0 Å². The Morgan fingerprint density at radius 1 is 1.25 bits per heavy atom. The molecule has 2 aliphatic rings. The van der Waals surface area contributed by atoms with Crippen LogP contribution in [-0.4, -0.2) is 65.2 Å². The first kappa shape index (κ1) is 18.8. The number of ether oxygens (including phenoxy) is 1. The summed E-state index contributed by atoms with van der Waals surface area (Å²) in [4.78, 5) is 30.5. The maximum absolute atomic E-state index is 12.2. The molecule has 148 valence electrons. The topological polar surface area (TPSA) is 71.5 Å². The number of likely N-dealkylation sites (tertiary alicyclic amines) is 1. The smallest absolute Gasteiger partial charge is 0.222 e. The Balaban J connectivity index is 1.68. The van der Waals surface area contributed by atoms with Crippen LogP contribution in [0.15, 0.2) is 30.6 Å². The van der Waals surface area contributed by atoms with Crippen molar-refractivity contribution in [2.75, 3.05) is 44.3 Å². The molecule has 0 N–H and O–H groups in total. The molecule has 2 aromatic rings. The van der Waals surface area contributed by atoms with E-state index in [0.29, 0.717) is 26.2 Å². The first-order chi connectivity index (χ1) is 13.7. The lowest BCUT2D eigenvalue weighted by Gasteiger charge is -2.33. The molecule has 2 saturated heterocycles. The van der Waals surface area contributed by atoms with Crippen molar-refractivity contribution >= 4 is 11.7 Å². The van der Waals surface area contributed by atoms with Crippen LogP contribution in [0.5, 0.6) is 0 Å². The number of amides is 1. The van der Waals surface area contributed by atoms with Gasteiger partial charge in [-0.3, -0.25) is 9.78 Å². The minimum Gasteiger partial charge on any atom is -0.378 e. The van der Waals surface area contributed by atoms with Crippen molar-refractivity contribution in [1.82, 2.24) is 19.9 Å². The van der Waals surface area contributed by atoms with Gasteiger partial charge in [-0.05, 0) is 25.0 Å². The molecule has 2 aliphatic heterocycles. The molecule has 2 fully saturated rings. The SMILES string of the molecule is CCC(=O)N1CCCC(c2nc(-c3cccnc3)cc(N3CCOCC3)n2)C1. The number of aromatic nitrogens is 3. The van der Waals surface area contributed by atoms with Gasteiger partial charge in [-0.25, -0.2) is 9.97 Å². The lowest BCUT2D eigenvalue weighted by atomic mass is 9.96. The van der Waals surface area contributed by atoms with E-state index < -0.39 is 0 Å². The third kappa shape index (κ3) is 4.14. The molecule has 7 heteroatoms. The largest absolute Gasteiger partial charge is 0.378 e. The fourth-order valence-corrected chi connectivity index (χ4v) is 3.89. The molecule has 4 rings (SSSR count). The van der Waals surface area contributed by atoms with Crippen molar-refractivity contribution in [2.45, 2.75) is 32.1 Å². The fraction of sp³-hybridized carbons (Fsp3) is 0.524. The summed E-state index contributed by atoms with van der Waals surface area (Å²) in [6, 6.07) is 5.99. The van der Waals surface area contributed by atoms with Gasteiger partial charge in [0.05, 0.1) is 18.9 Å². The number of piperidine rings is 1. The Morgan fingerprint density at radius 3 is 2.86 bits per heavy atom. The van der Waals surface area contributed by atoms with E-state index in [1.165, 1.54) is 0 Å². The van der Waals surface area contributed by atoms with Crippen LogP contribution in [0.1, 0.15) is 37.9 Å². The maximum atomic E-state index is 12.2. The minimum absolute atomic E-state index is 0.167. The Bertz CT molecular complexity index is 808. The molecule has 0 aromatic carbocycles. The fourth-order valence-electron chi connectivity index (χ4n) is 3.89. The van der Waals surface area contributed by atoms with Crippen molar-refractivity contribution in [3.05, 3.63) is 36.4 Å². The van der Waals surface area contributed by atoms with Crippen LogP contribution in [0.4, 0.5) is 5.82 Å². The zero-order chi connectivity index (χ0) is 19.3. The van der Waals surface area contributed by atoms with E-state index in [9.17, 15) is 4.79 Å². The Kier molecular flexibility index (Phi) is 5.81. The van der Waals surface area contributed by atoms with Gasteiger partial charge in [0.1, 0.15) is 11.6 Å². The first-order valence-corrected chi connectivity index (χ1v) is 10.1. The zero-order valence-electron chi connectivity index (χ0n) is 16.4. The second-order valence-electron chi connectivity index (χ2n) is 7.34. The van der Waals surface area contributed by atoms with Gasteiger partial charge < -0.3 is 14.5 Å². The summed E-state index contributed by atoms with van der Waals surface area (Å²) in [7, 11) is 0. The van der Waals surface area contributed by atoms with Crippen LogP contribution in [0.3, 0.4) is 0 Å². The lowest BCUT2D eigenvalue weighted by Crippen LogP contribution is -2.40. The summed E-state index contributed by atoms with van der Waals surface area (Å²) >= 11 is 0. The van der Waals surface area contributed by atoms with Crippen molar-refractivity contribution in [3.63, 3.8) is 0 Å². The summed E-state index contributed by atoms with van der Waals surface area (Å²) in [5.74, 6) is 2.14. The molecule has 0 saturated carbocycles. The molecule has 0 bridgehead atoms. The van der Waals surface area contributed by atoms with Crippen LogP contribution < -0.4 is 4.90 Å². The number of anilines is 1. The van der Waals surface area contributed by atoms with Crippen molar-refractivity contribution < 1.29 is 9.53 Å². The van der Waals surface area contributed by atoms with E-state index in [4.69, 9.17) is 14.7 Å². The zero-order valence-corrected chi connectivity index (χ0v) is 16.4. The number of pyridine rings is 1. The summed E-state index contributed by atoms with van der Waals surface area (Å²) in [5.41, 5.74) is 1.87. The molecular weight excluding hydrogens is 354 g/mol. The van der Waals surface area contributed by atoms with Gasteiger partial charge in [-0.1, -0.05) is 6.92 Å². The Hall–Kier alpha value is -2.54. The van der Waals surface area contributed by atoms with Gasteiger partial charge >= 0.3 is 0 Å². The maximum Gasteiger partial charge on any atom is 0.222 e. The first-order valence-electron chi connectivity index (χ1n) is 10.1. The van der Waals surface area contributed by atoms with Crippen molar-refractivity contribution in [2.24, 2.45) is 0 Å². The number of hydrogen-bond acceptors (Lipinski definition) is 6. The highest BCUT2D eigenvalue weighted by atomic mass is 16.5. The minimum atomic E-state index is 0.167. The van der Waals surface area contributed by atoms with Gasteiger partial charge in [0.15, 0.2) is 0 Å². The monoisotopic (exact) mass is 381 g/mol. The van der Waals surface area contributed by atoms with Gasteiger partial charge in [-0.15, -0.1) is 0 Å². The summed E-state index contributed by atoms with van der Waals surface area (Å²) in [6.45, 7) is 6.53. The molecular formula is C21H27N5O2. The standard InChI is InChI=1S/C21H27N5O2/c1-2-20(27)26-8-4-6-17(15-26)21-23-18(16-5-3-7-22-14-16)13-19(24-21)25-9-11-28-12-10-25/h3,5,7,13-14,17H,2,4,6,8-12,15H2,1H3. The average molecular weight is 381 g/mol. The van der Waals surface area contributed by atoms with E-state index in [-0.39, 0.29) is 11.8 Å². The predicted octanol–water partition coefficient (Wildman–Crippen LogP) is 2.49. The third-order valence-corrected chi connectivity index (χ3v) is 5.46. The van der Waals surface area contributed by atoms with Crippen LogP contribution in [0.2, 0.25) is 0 Å². The number of morpholine rings is 1. The summed E-state index contributed by atoms with van der Waals surface area (Å²) < 4.78 is 5.50. The second kappa shape index (κ2) is 8.65. The molecule has 1 atom stereocenters. The van der Waals surface area contributed by atoms with Gasteiger partial charge in [0.25, 0.3) is 0 Å². The van der Waals surface area contributed by atoms with Crippen LogP contribution in [-0.2, 0) is 9.53 Å². The van der Waals surface area contributed by atoms with E-state index in [1.807, 2.05) is 36.2 Å². The number of carbonyl (C=O) groups excluding carboxylic acids is 1. The van der Waals surface area contributed by atoms with E-state index >= 15 is 0 Å². The Morgan fingerprint density at radius 2 is 2.11 bits per heavy atom. The second-order valence-corrected chi connectivity index (χ2v) is 7.34. The number of hydrogen-bond donors (Lipinski definition) is 0. The van der Waals surface area contributed by atoms with E-state index in [0.717, 1.165) is 55.4 Å². The van der Waals surface area contributed by atoms with Crippen molar-refractivity contribution in [3.8, 4) is 11.3 Å². The molecule has 7 nitrogen and oxygen atoms in total. The van der Waals surface area contributed by atoms with Crippen molar-refractivity contribution in [1.29, 1.82) is 0 Å². The number of carbonyl (C=O) groups is 1.